The van der Waals surface area contributed by atoms with Gasteiger partial charge in [0.1, 0.15) is 6.61 Å². The summed E-state index contributed by atoms with van der Waals surface area (Å²) < 4.78 is 14.3. The van der Waals surface area contributed by atoms with E-state index in [2.05, 4.69) is 18.4 Å². The quantitative estimate of drug-likeness (QED) is 0.705. The molecular formula is C9H22O3P+. The Morgan fingerprint density at radius 2 is 1.77 bits per heavy atom. The zero-order chi connectivity index (χ0) is 10.7. The van der Waals surface area contributed by atoms with Crippen molar-refractivity contribution in [2.75, 3.05) is 6.61 Å². The summed E-state index contributed by atoms with van der Waals surface area (Å²) in [5.41, 5.74) is 0. The average Bonchev–Trinajstić information content (AvgIpc) is 2.03. The molecule has 0 radical (unpaired) electrons. The Hall–Kier alpha value is 0.0200. The summed E-state index contributed by atoms with van der Waals surface area (Å²) in [7, 11) is -2.38. The molecule has 0 saturated carbocycles. The Morgan fingerprint density at radius 3 is 2.00 bits per heavy atom. The molecule has 1 unspecified atom stereocenters. The lowest BCUT2D eigenvalue weighted by Gasteiger charge is -1.96. The smallest absolute Gasteiger partial charge is 0.133 e. The fourth-order valence-corrected chi connectivity index (χ4v) is 0.628. The summed E-state index contributed by atoms with van der Waals surface area (Å²) in [4.78, 5) is 8.15. The third-order valence-corrected chi connectivity index (χ3v) is 1.80. The van der Waals surface area contributed by atoms with E-state index in [4.69, 9.17) is 4.89 Å². The van der Waals surface area contributed by atoms with E-state index in [9.17, 15) is 4.57 Å². The molecule has 0 aliphatic carbocycles. The van der Waals surface area contributed by atoms with Crippen LogP contribution in [0.3, 0.4) is 0 Å². The van der Waals surface area contributed by atoms with E-state index in [0.29, 0.717) is 12.5 Å². The fraction of sp³-hybridized carbons (Fsp3) is 1.00. The summed E-state index contributed by atoms with van der Waals surface area (Å²) in [5.74, 6) is 0.528. The Balaban J connectivity index is 0. The SMILES string of the molecule is CC(C)CCO[P+](=O)O.CCCC. The highest BCUT2D eigenvalue weighted by Crippen LogP contribution is 2.15. The molecule has 4 heteroatoms. The van der Waals surface area contributed by atoms with Crippen LogP contribution in [0.15, 0.2) is 0 Å². The normalized spacial score (nSPS) is 10.8. The lowest BCUT2D eigenvalue weighted by Crippen LogP contribution is -1.93. The van der Waals surface area contributed by atoms with Crippen LogP contribution in [0, 0.1) is 5.92 Å². The molecule has 3 nitrogen and oxygen atoms in total. The second kappa shape index (κ2) is 12.0. The zero-order valence-electron chi connectivity index (χ0n) is 9.12. The van der Waals surface area contributed by atoms with E-state index in [1.807, 2.05) is 13.8 Å². The molecule has 0 aliphatic heterocycles. The van der Waals surface area contributed by atoms with Gasteiger partial charge in [-0.05, 0) is 12.3 Å². The van der Waals surface area contributed by atoms with Crippen molar-refractivity contribution in [3.63, 3.8) is 0 Å². The van der Waals surface area contributed by atoms with Crippen molar-refractivity contribution in [1.82, 2.24) is 0 Å². The zero-order valence-corrected chi connectivity index (χ0v) is 10.0. The Kier molecular flexibility index (Phi) is 14.3. The number of hydrogen-bond donors (Lipinski definition) is 1. The fourth-order valence-electron chi connectivity index (χ4n) is 0.366. The molecule has 0 fully saturated rings. The second-order valence-corrected chi connectivity index (χ2v) is 3.99. The van der Waals surface area contributed by atoms with Crippen molar-refractivity contribution in [3.05, 3.63) is 0 Å². The highest BCUT2D eigenvalue weighted by Gasteiger charge is 2.10. The molecule has 0 bridgehead atoms. The summed E-state index contributed by atoms with van der Waals surface area (Å²) in [6, 6.07) is 0. The summed E-state index contributed by atoms with van der Waals surface area (Å²) in [6.45, 7) is 8.81. The van der Waals surface area contributed by atoms with Gasteiger partial charge in [0.25, 0.3) is 0 Å². The molecule has 0 aliphatic rings. The predicted molar refractivity (Wildman–Crippen MR) is 55.8 cm³/mol. The van der Waals surface area contributed by atoms with Gasteiger partial charge in [0, 0.05) is 4.57 Å². The van der Waals surface area contributed by atoms with Crippen molar-refractivity contribution in [3.8, 4) is 0 Å². The van der Waals surface area contributed by atoms with Gasteiger partial charge in [-0.1, -0.05) is 40.5 Å². The molecule has 80 valence electrons. The van der Waals surface area contributed by atoms with Gasteiger partial charge in [-0.15, -0.1) is 9.42 Å². The molecule has 1 N–H and O–H groups in total. The lowest BCUT2D eigenvalue weighted by molar-refractivity contribution is 0.263. The van der Waals surface area contributed by atoms with E-state index in [0.717, 1.165) is 6.42 Å². The predicted octanol–water partition coefficient (Wildman–Crippen LogP) is 3.51. The summed E-state index contributed by atoms with van der Waals surface area (Å²) in [5, 5.41) is 0. The molecule has 0 aromatic rings. The monoisotopic (exact) mass is 209 g/mol. The highest BCUT2D eigenvalue weighted by atomic mass is 31.1. The highest BCUT2D eigenvalue weighted by molar-refractivity contribution is 7.32. The Labute approximate surface area is 82.5 Å². The van der Waals surface area contributed by atoms with Gasteiger partial charge in [-0.3, -0.25) is 0 Å². The Morgan fingerprint density at radius 1 is 1.31 bits per heavy atom. The number of hydrogen-bond acceptors (Lipinski definition) is 2. The maximum Gasteiger partial charge on any atom is 0.694 e. The van der Waals surface area contributed by atoms with Crippen LogP contribution >= 0.6 is 8.25 Å². The minimum atomic E-state index is -2.38. The van der Waals surface area contributed by atoms with Crippen LogP contribution in [0.1, 0.15) is 47.0 Å². The summed E-state index contributed by atoms with van der Waals surface area (Å²) >= 11 is 0. The van der Waals surface area contributed by atoms with Gasteiger partial charge in [0.2, 0.25) is 0 Å². The van der Waals surface area contributed by atoms with Crippen molar-refractivity contribution >= 4 is 8.25 Å². The number of rotatable bonds is 5. The van der Waals surface area contributed by atoms with E-state index in [-0.39, 0.29) is 0 Å². The van der Waals surface area contributed by atoms with E-state index < -0.39 is 8.25 Å². The second-order valence-electron chi connectivity index (χ2n) is 3.25. The average molecular weight is 209 g/mol. The molecule has 0 rings (SSSR count). The van der Waals surface area contributed by atoms with Crippen LogP contribution in [0.4, 0.5) is 0 Å². The van der Waals surface area contributed by atoms with Crippen molar-refractivity contribution < 1.29 is 14.0 Å². The van der Waals surface area contributed by atoms with Gasteiger partial charge in [-0.2, -0.15) is 0 Å². The first-order valence-electron chi connectivity index (χ1n) is 4.83. The van der Waals surface area contributed by atoms with Gasteiger partial charge < -0.3 is 0 Å². The first kappa shape index (κ1) is 15.5. The van der Waals surface area contributed by atoms with E-state index in [1.54, 1.807) is 0 Å². The molecule has 0 aromatic carbocycles. The lowest BCUT2D eigenvalue weighted by atomic mass is 10.2. The minimum absolute atomic E-state index is 0.378. The molecule has 0 saturated heterocycles. The van der Waals surface area contributed by atoms with Crippen LogP contribution in [0.2, 0.25) is 0 Å². The maximum absolute atomic E-state index is 9.91. The van der Waals surface area contributed by atoms with Crippen molar-refractivity contribution in [1.29, 1.82) is 0 Å². The maximum atomic E-state index is 9.91. The minimum Gasteiger partial charge on any atom is -0.133 e. The largest absolute Gasteiger partial charge is 0.694 e. The molecule has 0 heterocycles. The molecular weight excluding hydrogens is 187 g/mol. The van der Waals surface area contributed by atoms with Crippen LogP contribution in [0.25, 0.3) is 0 Å². The summed E-state index contributed by atoms with van der Waals surface area (Å²) in [6.07, 6.45) is 3.47. The molecule has 1 atom stereocenters. The topological polar surface area (TPSA) is 46.5 Å². The standard InChI is InChI=1S/C5H11O3P.C4H10/c1-5(2)3-4-8-9(6)7;1-3-4-2/h5H,3-4H2,1-2H3;3-4H2,1-2H3/p+1. The third kappa shape index (κ3) is 24.5. The molecule has 0 aromatic heterocycles. The molecule has 0 spiro atoms. The van der Waals surface area contributed by atoms with Crippen molar-refractivity contribution in [2.45, 2.75) is 47.0 Å². The van der Waals surface area contributed by atoms with E-state index >= 15 is 0 Å². The van der Waals surface area contributed by atoms with Crippen LogP contribution < -0.4 is 0 Å². The van der Waals surface area contributed by atoms with Crippen molar-refractivity contribution in [2.24, 2.45) is 5.92 Å². The van der Waals surface area contributed by atoms with Gasteiger partial charge in [0.05, 0.1) is 0 Å². The van der Waals surface area contributed by atoms with Crippen LogP contribution in [-0.4, -0.2) is 11.5 Å². The molecule has 13 heavy (non-hydrogen) atoms. The first-order chi connectivity index (χ1) is 6.04. The van der Waals surface area contributed by atoms with Gasteiger partial charge in [0.15, 0.2) is 0 Å². The first-order valence-corrected chi connectivity index (χ1v) is 5.96. The van der Waals surface area contributed by atoms with E-state index in [1.165, 1.54) is 12.8 Å². The third-order valence-electron chi connectivity index (χ3n) is 1.40. The molecule has 0 amide bonds. The van der Waals surface area contributed by atoms with Crippen LogP contribution in [0.5, 0.6) is 0 Å². The van der Waals surface area contributed by atoms with Gasteiger partial charge in [-0.25, -0.2) is 0 Å². The Bertz CT molecular complexity index is 113. The van der Waals surface area contributed by atoms with Gasteiger partial charge >= 0.3 is 8.25 Å². The number of unbranched alkanes of at least 4 members (excludes halogenated alkanes) is 1. The van der Waals surface area contributed by atoms with Crippen LogP contribution in [-0.2, 0) is 9.09 Å².